The smallest absolute Gasteiger partial charge is 0.242 e. The van der Waals surface area contributed by atoms with Gasteiger partial charge in [0.1, 0.15) is 6.04 Å². The van der Waals surface area contributed by atoms with Gasteiger partial charge in [-0.2, -0.15) is 5.10 Å². The molecule has 3 aliphatic heterocycles. The number of amides is 3. The van der Waals surface area contributed by atoms with Crippen molar-refractivity contribution in [1.82, 2.24) is 25.7 Å². The zero-order valence-corrected chi connectivity index (χ0v) is 22.3. The molecule has 0 bridgehead atoms. The average Bonchev–Trinajstić information content (AvgIpc) is 2.91. The summed E-state index contributed by atoms with van der Waals surface area (Å²) >= 11 is 0. The summed E-state index contributed by atoms with van der Waals surface area (Å²) in [6.45, 7) is 7.64. The highest BCUT2D eigenvalue weighted by molar-refractivity contribution is 5.90. The van der Waals surface area contributed by atoms with Gasteiger partial charge >= 0.3 is 0 Å². The third-order valence-corrected chi connectivity index (χ3v) is 8.21. The van der Waals surface area contributed by atoms with Crippen LogP contribution in [0.2, 0.25) is 0 Å². The summed E-state index contributed by atoms with van der Waals surface area (Å²) in [5, 5.41) is 14.0. The first-order chi connectivity index (χ1) is 17.9. The van der Waals surface area contributed by atoms with Gasteiger partial charge in [-0.25, -0.2) is 0 Å². The monoisotopic (exact) mass is 514 g/mol. The minimum Gasteiger partial charge on any atom is -0.379 e. The fraction of sp³-hybridized carbons (Fsp3) is 0.741. The number of carbonyl (C=O) groups excluding carboxylic acids is 3. The molecule has 10 heteroatoms. The van der Waals surface area contributed by atoms with Crippen LogP contribution in [0.5, 0.6) is 0 Å². The van der Waals surface area contributed by atoms with Crippen LogP contribution in [0.4, 0.5) is 5.82 Å². The summed E-state index contributed by atoms with van der Waals surface area (Å²) in [5.74, 6) is 1.19. The highest BCUT2D eigenvalue weighted by atomic mass is 16.5. The number of anilines is 1. The van der Waals surface area contributed by atoms with Gasteiger partial charge in [-0.1, -0.05) is 6.42 Å². The van der Waals surface area contributed by atoms with Gasteiger partial charge in [0.25, 0.3) is 0 Å². The summed E-state index contributed by atoms with van der Waals surface area (Å²) in [6.07, 6.45) is 7.91. The van der Waals surface area contributed by atoms with Crippen LogP contribution in [0.3, 0.4) is 0 Å². The summed E-state index contributed by atoms with van der Waals surface area (Å²) in [7, 11) is 0. The molecular weight excluding hydrogens is 472 g/mol. The fourth-order valence-electron chi connectivity index (χ4n) is 5.73. The highest BCUT2D eigenvalue weighted by Gasteiger charge is 2.42. The van der Waals surface area contributed by atoms with E-state index in [4.69, 9.17) is 4.74 Å². The van der Waals surface area contributed by atoms with Crippen LogP contribution >= 0.6 is 0 Å². The number of nitrogens with zero attached hydrogens (tertiary/aromatic N) is 4. The van der Waals surface area contributed by atoms with Crippen LogP contribution in [0.15, 0.2) is 18.3 Å². The second kappa shape index (κ2) is 12.7. The van der Waals surface area contributed by atoms with Crippen molar-refractivity contribution in [2.24, 2.45) is 11.3 Å². The SMILES string of the molecule is C[C@@H]1NC(=O)C2(CCCCOC[C@H](C)NC1=O)CCN(C(=O)CC1CCN(c3cccnn3)CC1)CC2. The van der Waals surface area contributed by atoms with Gasteiger partial charge in [-0.15, -0.1) is 5.10 Å². The van der Waals surface area contributed by atoms with E-state index in [0.717, 1.165) is 51.0 Å². The Labute approximate surface area is 219 Å². The maximum Gasteiger partial charge on any atom is 0.242 e. The Balaban J connectivity index is 1.29. The second-order valence-corrected chi connectivity index (χ2v) is 11.0. The first-order valence-electron chi connectivity index (χ1n) is 13.9. The second-order valence-electron chi connectivity index (χ2n) is 11.0. The lowest BCUT2D eigenvalue weighted by Crippen LogP contribution is -2.55. The Morgan fingerprint density at radius 1 is 1.08 bits per heavy atom. The number of likely N-dealkylation sites (tertiary alicyclic amines) is 1. The number of hydrogen-bond acceptors (Lipinski definition) is 7. The number of rotatable bonds is 3. The van der Waals surface area contributed by atoms with Crippen molar-refractivity contribution in [1.29, 1.82) is 0 Å². The van der Waals surface area contributed by atoms with Crippen molar-refractivity contribution in [3.05, 3.63) is 18.3 Å². The molecule has 2 atom stereocenters. The lowest BCUT2D eigenvalue weighted by atomic mass is 9.73. The molecule has 2 N–H and O–H groups in total. The number of hydrogen-bond donors (Lipinski definition) is 2. The first kappa shape index (κ1) is 27.3. The van der Waals surface area contributed by atoms with Crippen LogP contribution in [0.1, 0.15) is 65.2 Å². The summed E-state index contributed by atoms with van der Waals surface area (Å²) in [5.41, 5.74) is -0.549. The predicted molar refractivity (Wildman–Crippen MR) is 140 cm³/mol. The molecule has 0 aliphatic carbocycles. The van der Waals surface area contributed by atoms with Crippen molar-refractivity contribution in [3.63, 3.8) is 0 Å². The lowest BCUT2D eigenvalue weighted by Gasteiger charge is -2.42. The standard InChI is InChI=1S/C27H42N6O4/c1-20-19-37-17-4-3-9-27(26(36)30-21(2)25(35)29-20)10-15-33(16-11-27)24(34)18-22-7-13-32(14-8-22)23-6-5-12-28-31-23/h5-6,12,20-22H,3-4,7-11,13-19H2,1-2H3,(H,29,35)(H,30,36)/t20-,21-/m0/s1. The Morgan fingerprint density at radius 3 is 2.54 bits per heavy atom. The van der Waals surface area contributed by atoms with Gasteiger partial charge in [0.2, 0.25) is 17.7 Å². The van der Waals surface area contributed by atoms with E-state index < -0.39 is 11.5 Å². The number of nitrogens with one attached hydrogen (secondary N) is 2. The normalized spacial score (nSPS) is 26.4. The maximum atomic E-state index is 13.4. The van der Waals surface area contributed by atoms with Gasteiger partial charge in [0, 0.05) is 51.4 Å². The molecule has 10 nitrogen and oxygen atoms in total. The molecule has 1 aromatic heterocycles. The van der Waals surface area contributed by atoms with Gasteiger partial charge < -0.3 is 25.2 Å². The van der Waals surface area contributed by atoms with Crippen molar-refractivity contribution < 1.29 is 19.1 Å². The lowest BCUT2D eigenvalue weighted by molar-refractivity contribution is -0.143. The Kier molecular flexibility index (Phi) is 9.34. The van der Waals surface area contributed by atoms with Crippen LogP contribution in [-0.2, 0) is 19.1 Å². The molecule has 204 valence electrons. The minimum atomic E-state index is -0.611. The zero-order valence-electron chi connectivity index (χ0n) is 22.3. The van der Waals surface area contributed by atoms with E-state index in [1.165, 1.54) is 0 Å². The maximum absolute atomic E-state index is 13.4. The quantitative estimate of drug-likeness (QED) is 0.633. The largest absolute Gasteiger partial charge is 0.379 e. The van der Waals surface area contributed by atoms with Crippen molar-refractivity contribution in [2.45, 2.75) is 77.3 Å². The number of ether oxygens (including phenoxy) is 1. The van der Waals surface area contributed by atoms with Gasteiger partial charge in [-0.3, -0.25) is 14.4 Å². The molecule has 4 heterocycles. The molecule has 0 unspecified atom stereocenters. The van der Waals surface area contributed by atoms with E-state index in [1.54, 1.807) is 13.1 Å². The molecular formula is C27H42N6O4. The van der Waals surface area contributed by atoms with E-state index >= 15 is 0 Å². The van der Waals surface area contributed by atoms with Gasteiger partial charge in [-0.05, 0) is 70.4 Å². The van der Waals surface area contributed by atoms with Crippen LogP contribution < -0.4 is 15.5 Å². The Bertz CT molecular complexity index is 913. The predicted octanol–water partition coefficient (Wildman–Crippen LogP) is 1.90. The highest BCUT2D eigenvalue weighted by Crippen LogP contribution is 2.38. The van der Waals surface area contributed by atoms with E-state index in [1.807, 2.05) is 24.0 Å². The number of aromatic nitrogens is 2. The molecule has 4 rings (SSSR count). The number of carbonyl (C=O) groups is 3. The third-order valence-electron chi connectivity index (χ3n) is 8.21. The van der Waals surface area contributed by atoms with Crippen LogP contribution in [0.25, 0.3) is 0 Å². The summed E-state index contributed by atoms with van der Waals surface area (Å²) in [6, 6.07) is 3.16. The van der Waals surface area contributed by atoms with Crippen molar-refractivity contribution >= 4 is 23.5 Å². The van der Waals surface area contributed by atoms with E-state index in [9.17, 15) is 14.4 Å². The molecule has 0 aromatic carbocycles. The Hall–Kier alpha value is -2.75. The van der Waals surface area contributed by atoms with Crippen LogP contribution in [0, 0.1) is 11.3 Å². The minimum absolute atomic E-state index is 0.0635. The van der Waals surface area contributed by atoms with E-state index in [0.29, 0.717) is 51.5 Å². The van der Waals surface area contributed by atoms with Crippen molar-refractivity contribution in [2.75, 3.05) is 44.3 Å². The molecule has 37 heavy (non-hydrogen) atoms. The molecule has 3 fully saturated rings. The molecule has 3 amide bonds. The average molecular weight is 515 g/mol. The molecule has 3 aliphatic rings. The Morgan fingerprint density at radius 2 is 1.84 bits per heavy atom. The van der Waals surface area contributed by atoms with Crippen molar-refractivity contribution in [3.8, 4) is 0 Å². The summed E-state index contributed by atoms with van der Waals surface area (Å²) < 4.78 is 5.72. The van der Waals surface area contributed by atoms with Gasteiger partial charge in [0.15, 0.2) is 5.82 Å². The van der Waals surface area contributed by atoms with Gasteiger partial charge in [0.05, 0.1) is 12.0 Å². The van der Waals surface area contributed by atoms with E-state index in [2.05, 4.69) is 25.7 Å². The third kappa shape index (κ3) is 7.18. The molecule has 1 aromatic rings. The number of piperidine rings is 2. The van der Waals surface area contributed by atoms with Crippen LogP contribution in [-0.4, -0.2) is 84.3 Å². The fourth-order valence-corrected chi connectivity index (χ4v) is 5.73. The molecule has 0 saturated carbocycles. The topological polar surface area (TPSA) is 117 Å². The van der Waals surface area contributed by atoms with E-state index in [-0.39, 0.29) is 23.8 Å². The molecule has 0 radical (unpaired) electrons. The molecule has 3 saturated heterocycles. The zero-order chi connectivity index (χ0) is 26.3. The first-order valence-corrected chi connectivity index (χ1v) is 13.9. The molecule has 1 spiro atoms. The summed E-state index contributed by atoms with van der Waals surface area (Å²) in [4.78, 5) is 43.3.